The second-order valence-corrected chi connectivity index (χ2v) is 4.81. The second kappa shape index (κ2) is 11.5. The molecule has 0 bridgehead atoms. The summed E-state index contributed by atoms with van der Waals surface area (Å²) in [7, 11) is 1.69. The molecule has 3 N–H and O–H groups in total. The van der Waals surface area contributed by atoms with Crippen LogP contribution in [0.25, 0.3) is 0 Å². The Labute approximate surface area is 138 Å². The summed E-state index contributed by atoms with van der Waals surface area (Å²) in [6.07, 6.45) is 2.23. The molecule has 0 atom stereocenters. The molecule has 7 heteroatoms. The molecule has 0 spiro atoms. The van der Waals surface area contributed by atoms with Crippen molar-refractivity contribution in [2.24, 2.45) is 4.99 Å². The minimum absolute atomic E-state index is 0. The normalized spacial score (nSPS) is 18.2. The third-order valence-corrected chi connectivity index (χ3v) is 3.12. The van der Waals surface area contributed by atoms with E-state index in [1.807, 2.05) is 6.92 Å². The van der Waals surface area contributed by atoms with Gasteiger partial charge in [0.1, 0.15) is 0 Å². The number of nitrogens with zero attached hydrogens (tertiary/aromatic N) is 1. The number of aliphatic hydroxyl groups is 1. The summed E-state index contributed by atoms with van der Waals surface area (Å²) in [4.78, 5) is 4.45. The van der Waals surface area contributed by atoms with Crippen LogP contribution in [0, 0.1) is 0 Å². The third kappa shape index (κ3) is 8.23. The summed E-state index contributed by atoms with van der Waals surface area (Å²) in [5.74, 6) is 0.749. The molecule has 0 aromatic rings. The van der Waals surface area contributed by atoms with E-state index in [9.17, 15) is 5.11 Å². The van der Waals surface area contributed by atoms with Gasteiger partial charge in [-0.1, -0.05) is 0 Å². The van der Waals surface area contributed by atoms with E-state index in [1.54, 1.807) is 7.11 Å². The molecule has 0 aromatic heterocycles. The van der Waals surface area contributed by atoms with E-state index < -0.39 is 5.60 Å². The SMILES string of the molecule is CCNC(=NCC1(O)CCOCC1)NCCCOC.I. The lowest BCUT2D eigenvalue weighted by molar-refractivity contribution is -0.0565. The molecule has 1 rings (SSSR count). The number of methoxy groups -OCH3 is 1. The van der Waals surface area contributed by atoms with Crippen LogP contribution in [-0.4, -0.2) is 63.2 Å². The number of rotatable bonds is 7. The van der Waals surface area contributed by atoms with Gasteiger partial charge in [0.2, 0.25) is 0 Å². The van der Waals surface area contributed by atoms with Gasteiger partial charge in [0.15, 0.2) is 5.96 Å². The van der Waals surface area contributed by atoms with E-state index in [0.29, 0.717) is 32.6 Å². The number of halogens is 1. The molecule has 0 radical (unpaired) electrons. The minimum atomic E-state index is -0.715. The predicted octanol–water partition coefficient (Wildman–Crippen LogP) is 0.737. The first-order valence-corrected chi connectivity index (χ1v) is 7.01. The van der Waals surface area contributed by atoms with E-state index in [1.165, 1.54) is 0 Å². The molecule has 0 aromatic carbocycles. The molecule has 6 nitrogen and oxygen atoms in total. The summed E-state index contributed by atoms with van der Waals surface area (Å²) in [6.45, 7) is 6.01. The van der Waals surface area contributed by atoms with Crippen molar-refractivity contribution in [2.45, 2.75) is 31.8 Å². The first-order chi connectivity index (χ1) is 9.20. The first-order valence-electron chi connectivity index (χ1n) is 7.01. The Morgan fingerprint density at radius 1 is 1.35 bits per heavy atom. The molecule has 1 aliphatic rings. The summed E-state index contributed by atoms with van der Waals surface area (Å²) < 4.78 is 10.3. The van der Waals surface area contributed by atoms with Crippen molar-refractivity contribution in [3.8, 4) is 0 Å². The van der Waals surface area contributed by atoms with Crippen LogP contribution in [0.15, 0.2) is 4.99 Å². The highest BCUT2D eigenvalue weighted by Gasteiger charge is 2.29. The zero-order valence-corrected chi connectivity index (χ0v) is 14.8. The van der Waals surface area contributed by atoms with Gasteiger partial charge in [0.05, 0.1) is 12.1 Å². The topological polar surface area (TPSA) is 75.1 Å². The summed E-state index contributed by atoms with van der Waals surface area (Å²) in [6, 6.07) is 0. The molecular weight excluding hydrogens is 373 g/mol. The summed E-state index contributed by atoms with van der Waals surface area (Å²) in [5.41, 5.74) is -0.715. The lowest BCUT2D eigenvalue weighted by Crippen LogP contribution is -2.42. The van der Waals surface area contributed by atoms with Crippen LogP contribution in [0.2, 0.25) is 0 Å². The van der Waals surface area contributed by atoms with Gasteiger partial charge in [-0.05, 0) is 13.3 Å². The van der Waals surface area contributed by atoms with Crippen molar-refractivity contribution >= 4 is 29.9 Å². The Balaban J connectivity index is 0.00000361. The van der Waals surface area contributed by atoms with Crippen molar-refractivity contribution < 1.29 is 14.6 Å². The smallest absolute Gasteiger partial charge is 0.191 e. The fourth-order valence-electron chi connectivity index (χ4n) is 1.90. The van der Waals surface area contributed by atoms with Crippen molar-refractivity contribution in [1.29, 1.82) is 0 Å². The van der Waals surface area contributed by atoms with Crippen molar-refractivity contribution in [3.05, 3.63) is 0 Å². The highest BCUT2D eigenvalue weighted by Crippen LogP contribution is 2.20. The molecule has 120 valence electrons. The Kier molecular flexibility index (Phi) is 11.5. The van der Waals surface area contributed by atoms with Gasteiger partial charge in [-0.15, -0.1) is 24.0 Å². The van der Waals surface area contributed by atoms with E-state index in [0.717, 1.165) is 32.1 Å². The number of hydrogen-bond acceptors (Lipinski definition) is 4. The van der Waals surface area contributed by atoms with Crippen LogP contribution >= 0.6 is 24.0 Å². The number of hydrogen-bond donors (Lipinski definition) is 3. The highest BCUT2D eigenvalue weighted by molar-refractivity contribution is 14.0. The van der Waals surface area contributed by atoms with Gasteiger partial charge >= 0.3 is 0 Å². The fraction of sp³-hybridized carbons (Fsp3) is 0.923. The number of aliphatic imine (C=N–C) groups is 1. The molecule has 0 aliphatic carbocycles. The summed E-state index contributed by atoms with van der Waals surface area (Å²) in [5, 5.41) is 16.7. The Bertz CT molecular complexity index is 272. The van der Waals surface area contributed by atoms with Gasteiger partial charge < -0.3 is 25.2 Å². The van der Waals surface area contributed by atoms with Crippen LogP contribution < -0.4 is 10.6 Å². The van der Waals surface area contributed by atoms with Gasteiger partial charge in [0, 0.05) is 52.9 Å². The first kappa shape index (κ1) is 19.9. The van der Waals surface area contributed by atoms with Crippen LogP contribution in [0.1, 0.15) is 26.2 Å². The molecule has 0 unspecified atom stereocenters. The van der Waals surface area contributed by atoms with Crippen LogP contribution in [-0.2, 0) is 9.47 Å². The van der Waals surface area contributed by atoms with E-state index in [-0.39, 0.29) is 24.0 Å². The van der Waals surface area contributed by atoms with E-state index in [2.05, 4.69) is 15.6 Å². The summed E-state index contributed by atoms with van der Waals surface area (Å²) >= 11 is 0. The lowest BCUT2D eigenvalue weighted by atomic mass is 9.95. The fourth-order valence-corrected chi connectivity index (χ4v) is 1.90. The predicted molar refractivity (Wildman–Crippen MR) is 90.9 cm³/mol. The standard InChI is InChI=1S/C13H27N3O3.HI/c1-3-14-12(15-7-4-8-18-2)16-11-13(17)5-9-19-10-6-13;/h17H,3-11H2,1-2H3,(H2,14,15,16);1H. The molecule has 0 saturated carbocycles. The van der Waals surface area contributed by atoms with Gasteiger partial charge in [-0.2, -0.15) is 0 Å². The average Bonchev–Trinajstić information content (AvgIpc) is 2.42. The Hall–Kier alpha value is -0.120. The maximum atomic E-state index is 10.3. The third-order valence-electron chi connectivity index (χ3n) is 3.12. The highest BCUT2D eigenvalue weighted by atomic mass is 127. The number of ether oxygens (including phenoxy) is 2. The molecule has 1 heterocycles. The van der Waals surface area contributed by atoms with Crippen molar-refractivity contribution in [1.82, 2.24) is 10.6 Å². The lowest BCUT2D eigenvalue weighted by Gasteiger charge is -2.30. The average molecular weight is 401 g/mol. The molecular formula is C13H28IN3O3. The Morgan fingerprint density at radius 3 is 2.65 bits per heavy atom. The zero-order valence-electron chi connectivity index (χ0n) is 12.5. The second-order valence-electron chi connectivity index (χ2n) is 4.81. The largest absolute Gasteiger partial charge is 0.388 e. The van der Waals surface area contributed by atoms with Crippen LogP contribution in [0.5, 0.6) is 0 Å². The van der Waals surface area contributed by atoms with Crippen molar-refractivity contribution in [2.75, 3.05) is 46.6 Å². The number of guanidine groups is 1. The molecule has 1 aliphatic heterocycles. The molecule has 0 amide bonds. The van der Waals surface area contributed by atoms with Crippen LogP contribution in [0.4, 0.5) is 0 Å². The van der Waals surface area contributed by atoms with E-state index >= 15 is 0 Å². The van der Waals surface area contributed by atoms with E-state index in [4.69, 9.17) is 9.47 Å². The molecule has 1 fully saturated rings. The quantitative estimate of drug-likeness (QED) is 0.254. The van der Waals surface area contributed by atoms with Crippen LogP contribution in [0.3, 0.4) is 0 Å². The maximum Gasteiger partial charge on any atom is 0.191 e. The molecule has 20 heavy (non-hydrogen) atoms. The van der Waals surface area contributed by atoms with Gasteiger partial charge in [0.25, 0.3) is 0 Å². The monoisotopic (exact) mass is 401 g/mol. The molecule has 1 saturated heterocycles. The maximum absolute atomic E-state index is 10.3. The van der Waals surface area contributed by atoms with Gasteiger partial charge in [-0.3, -0.25) is 4.99 Å². The zero-order chi connectivity index (χ0) is 14.0. The van der Waals surface area contributed by atoms with Crippen molar-refractivity contribution in [3.63, 3.8) is 0 Å². The Morgan fingerprint density at radius 2 is 2.05 bits per heavy atom. The number of nitrogens with one attached hydrogen (secondary N) is 2. The minimum Gasteiger partial charge on any atom is -0.388 e. The van der Waals surface area contributed by atoms with Gasteiger partial charge in [-0.25, -0.2) is 0 Å².